The number of carbonyl (C=O) groups is 1. The average Bonchev–Trinajstić information content (AvgIpc) is 2.67. The second-order valence-corrected chi connectivity index (χ2v) is 4.38. The Kier molecular flexibility index (Phi) is 3.14. The predicted octanol–water partition coefficient (Wildman–Crippen LogP) is 2.41. The molecule has 0 bridgehead atoms. The van der Waals surface area contributed by atoms with Crippen molar-refractivity contribution in [3.63, 3.8) is 0 Å². The first-order valence-corrected chi connectivity index (χ1v) is 5.57. The van der Waals surface area contributed by atoms with Crippen molar-refractivity contribution in [1.82, 2.24) is 9.55 Å². The second kappa shape index (κ2) is 4.58. The lowest BCUT2D eigenvalue weighted by Crippen LogP contribution is -2.00. The van der Waals surface area contributed by atoms with Crippen LogP contribution in [0.3, 0.4) is 0 Å². The van der Waals surface area contributed by atoms with Crippen molar-refractivity contribution in [3.05, 3.63) is 42.0 Å². The number of halogens is 1. The summed E-state index contributed by atoms with van der Waals surface area (Å²) in [7, 11) is 1.80. The normalized spacial score (nSPS) is 10.5. The summed E-state index contributed by atoms with van der Waals surface area (Å²) in [6, 6.07) is 3.68. The lowest BCUT2D eigenvalue weighted by Gasteiger charge is -2.05. The highest BCUT2D eigenvalue weighted by Crippen LogP contribution is 2.29. The summed E-state index contributed by atoms with van der Waals surface area (Å²) < 4.78 is 14.7. The molecule has 1 aromatic heterocycles. The molecular formula is C11H9FN2O2S. The van der Waals surface area contributed by atoms with Crippen LogP contribution in [0.1, 0.15) is 10.4 Å². The molecule has 88 valence electrons. The first kappa shape index (κ1) is 11.7. The van der Waals surface area contributed by atoms with E-state index in [9.17, 15) is 9.18 Å². The molecule has 4 nitrogen and oxygen atoms in total. The van der Waals surface area contributed by atoms with E-state index in [0.717, 1.165) is 6.07 Å². The smallest absolute Gasteiger partial charge is 0.336 e. The number of aryl methyl sites for hydroxylation is 1. The van der Waals surface area contributed by atoms with Crippen LogP contribution >= 0.6 is 11.8 Å². The molecule has 1 heterocycles. The lowest BCUT2D eigenvalue weighted by atomic mass is 10.2. The topological polar surface area (TPSA) is 55.1 Å². The van der Waals surface area contributed by atoms with Crippen LogP contribution in [0.2, 0.25) is 0 Å². The number of hydrogen-bond acceptors (Lipinski definition) is 3. The Morgan fingerprint density at radius 1 is 1.53 bits per heavy atom. The first-order chi connectivity index (χ1) is 8.08. The van der Waals surface area contributed by atoms with Crippen molar-refractivity contribution >= 4 is 17.7 Å². The Labute approximate surface area is 101 Å². The third-order valence-electron chi connectivity index (χ3n) is 2.15. The van der Waals surface area contributed by atoms with Crippen LogP contribution in [0, 0.1) is 5.82 Å². The van der Waals surface area contributed by atoms with Gasteiger partial charge in [0.15, 0.2) is 5.16 Å². The Bertz CT molecular complexity index is 568. The predicted molar refractivity (Wildman–Crippen MR) is 60.7 cm³/mol. The maximum Gasteiger partial charge on any atom is 0.336 e. The molecule has 0 saturated heterocycles. The maximum absolute atomic E-state index is 13.0. The highest BCUT2D eigenvalue weighted by molar-refractivity contribution is 7.99. The summed E-state index contributed by atoms with van der Waals surface area (Å²) in [5.74, 6) is -1.72. The number of nitrogens with zero attached hydrogens (tertiary/aromatic N) is 2. The lowest BCUT2D eigenvalue weighted by molar-refractivity contribution is 0.0692. The molecule has 0 amide bonds. The van der Waals surface area contributed by atoms with Gasteiger partial charge in [-0.25, -0.2) is 14.2 Å². The summed E-state index contributed by atoms with van der Waals surface area (Å²) in [5.41, 5.74) is -0.0574. The van der Waals surface area contributed by atoms with Crippen molar-refractivity contribution in [2.45, 2.75) is 10.1 Å². The van der Waals surface area contributed by atoms with Gasteiger partial charge in [0.05, 0.1) is 5.56 Å². The molecule has 2 rings (SSSR count). The maximum atomic E-state index is 13.0. The quantitative estimate of drug-likeness (QED) is 0.911. The van der Waals surface area contributed by atoms with Crippen molar-refractivity contribution in [2.24, 2.45) is 7.05 Å². The van der Waals surface area contributed by atoms with Gasteiger partial charge >= 0.3 is 5.97 Å². The molecule has 2 aromatic rings. The number of carboxylic acid groups (broad SMARTS) is 1. The van der Waals surface area contributed by atoms with E-state index in [2.05, 4.69) is 4.98 Å². The minimum absolute atomic E-state index is 0.0574. The van der Waals surface area contributed by atoms with E-state index in [0.29, 0.717) is 10.1 Å². The van der Waals surface area contributed by atoms with E-state index in [4.69, 9.17) is 5.11 Å². The minimum atomic E-state index is -1.15. The van der Waals surface area contributed by atoms with E-state index >= 15 is 0 Å². The standard InChI is InChI=1S/C11H9FN2O2S/c1-14-5-4-13-11(14)17-9-3-2-7(12)6-8(9)10(15)16/h2-6H,1H3,(H,15,16). The SMILES string of the molecule is Cn1ccnc1Sc1ccc(F)cc1C(=O)O. The largest absolute Gasteiger partial charge is 0.478 e. The summed E-state index contributed by atoms with van der Waals surface area (Å²) >= 11 is 1.19. The van der Waals surface area contributed by atoms with Crippen LogP contribution in [0.25, 0.3) is 0 Å². The molecule has 1 N–H and O–H groups in total. The molecule has 0 aliphatic heterocycles. The zero-order valence-corrected chi connectivity index (χ0v) is 9.74. The van der Waals surface area contributed by atoms with Crippen molar-refractivity contribution < 1.29 is 14.3 Å². The molecule has 0 spiro atoms. The van der Waals surface area contributed by atoms with Crippen LogP contribution in [0.4, 0.5) is 4.39 Å². The van der Waals surface area contributed by atoms with Gasteiger partial charge in [-0.3, -0.25) is 0 Å². The Balaban J connectivity index is 2.39. The average molecular weight is 252 g/mol. The molecule has 0 fully saturated rings. The fourth-order valence-electron chi connectivity index (χ4n) is 1.31. The van der Waals surface area contributed by atoms with Crippen molar-refractivity contribution in [1.29, 1.82) is 0 Å². The monoisotopic (exact) mass is 252 g/mol. The number of hydrogen-bond donors (Lipinski definition) is 1. The molecule has 0 atom stereocenters. The number of imidazole rings is 1. The molecule has 6 heteroatoms. The summed E-state index contributed by atoms with van der Waals surface area (Å²) in [6.45, 7) is 0. The molecule has 0 radical (unpaired) electrons. The number of aromatic nitrogens is 2. The molecule has 0 saturated carbocycles. The van der Waals surface area contributed by atoms with Gasteiger partial charge in [-0.2, -0.15) is 0 Å². The fraction of sp³-hybridized carbons (Fsp3) is 0.0909. The van der Waals surface area contributed by atoms with Gasteiger partial charge in [0.25, 0.3) is 0 Å². The number of carboxylic acids is 1. The van der Waals surface area contributed by atoms with Gasteiger partial charge in [-0.05, 0) is 18.2 Å². The van der Waals surface area contributed by atoms with Gasteiger partial charge in [0, 0.05) is 24.3 Å². The van der Waals surface area contributed by atoms with Crippen LogP contribution in [0.15, 0.2) is 40.6 Å². The molecule has 1 aromatic carbocycles. The Hall–Kier alpha value is -1.82. The highest BCUT2D eigenvalue weighted by atomic mass is 32.2. The number of aromatic carboxylic acids is 1. The fourth-order valence-corrected chi connectivity index (χ4v) is 2.21. The van der Waals surface area contributed by atoms with Gasteiger partial charge < -0.3 is 9.67 Å². The summed E-state index contributed by atoms with van der Waals surface area (Å²) in [5, 5.41) is 9.63. The van der Waals surface area contributed by atoms with Gasteiger partial charge in [-0.1, -0.05) is 11.8 Å². The summed E-state index contributed by atoms with van der Waals surface area (Å²) in [6.07, 6.45) is 3.37. The molecular weight excluding hydrogens is 243 g/mol. The van der Waals surface area contributed by atoms with Crippen LogP contribution in [0.5, 0.6) is 0 Å². The third-order valence-corrected chi connectivity index (χ3v) is 3.30. The number of rotatable bonds is 3. The number of benzene rings is 1. The van der Waals surface area contributed by atoms with E-state index in [1.54, 1.807) is 24.0 Å². The van der Waals surface area contributed by atoms with Crippen molar-refractivity contribution in [3.8, 4) is 0 Å². The molecule has 0 aliphatic rings. The minimum Gasteiger partial charge on any atom is -0.478 e. The zero-order chi connectivity index (χ0) is 12.4. The molecule has 17 heavy (non-hydrogen) atoms. The Morgan fingerprint density at radius 3 is 2.88 bits per heavy atom. The van der Waals surface area contributed by atoms with E-state index < -0.39 is 11.8 Å². The van der Waals surface area contributed by atoms with E-state index in [-0.39, 0.29) is 5.56 Å². The highest BCUT2D eigenvalue weighted by Gasteiger charge is 2.14. The third kappa shape index (κ3) is 2.47. The van der Waals surface area contributed by atoms with Gasteiger partial charge in [-0.15, -0.1) is 0 Å². The van der Waals surface area contributed by atoms with Crippen molar-refractivity contribution in [2.75, 3.05) is 0 Å². The van der Waals surface area contributed by atoms with Crippen LogP contribution < -0.4 is 0 Å². The van der Waals surface area contributed by atoms with Gasteiger partial charge in [0.1, 0.15) is 5.82 Å². The molecule has 0 unspecified atom stereocenters. The van der Waals surface area contributed by atoms with Crippen LogP contribution in [-0.4, -0.2) is 20.6 Å². The van der Waals surface area contributed by atoms with Crippen LogP contribution in [-0.2, 0) is 7.05 Å². The zero-order valence-electron chi connectivity index (χ0n) is 8.92. The first-order valence-electron chi connectivity index (χ1n) is 4.76. The van der Waals surface area contributed by atoms with Gasteiger partial charge in [0.2, 0.25) is 0 Å². The van der Waals surface area contributed by atoms with E-state index in [1.165, 1.54) is 23.9 Å². The van der Waals surface area contributed by atoms with E-state index in [1.807, 2.05) is 0 Å². The second-order valence-electron chi connectivity index (χ2n) is 3.37. The molecule has 0 aliphatic carbocycles. The Morgan fingerprint density at radius 2 is 2.29 bits per heavy atom. The summed E-state index contributed by atoms with van der Waals surface area (Å²) in [4.78, 5) is 15.5.